The topological polar surface area (TPSA) is 79.5 Å². The molecule has 1 saturated carbocycles. The first-order valence-electron chi connectivity index (χ1n) is 10.7. The number of rotatable bonds is 4. The van der Waals surface area contributed by atoms with E-state index in [2.05, 4.69) is 24.8 Å². The van der Waals surface area contributed by atoms with Gasteiger partial charge in [0, 0.05) is 82.0 Å². The molecular formula is C21H30N6O2. The van der Waals surface area contributed by atoms with Crippen molar-refractivity contribution in [2.75, 3.05) is 44.3 Å². The van der Waals surface area contributed by atoms with Crippen LogP contribution in [0, 0.1) is 11.8 Å². The van der Waals surface area contributed by atoms with Gasteiger partial charge in [0.25, 0.3) is 0 Å². The quantitative estimate of drug-likeness (QED) is 0.828. The molecule has 2 aliphatic heterocycles. The lowest BCUT2D eigenvalue weighted by Gasteiger charge is -2.52. The number of likely N-dealkylation sites (tertiary alicyclic amines) is 1. The largest absolute Gasteiger partial charge is 0.381 e. The molecule has 8 nitrogen and oxygen atoms in total. The molecule has 3 aliphatic rings. The van der Waals surface area contributed by atoms with Crippen molar-refractivity contribution < 1.29 is 9.84 Å². The van der Waals surface area contributed by atoms with Crippen molar-refractivity contribution in [2.24, 2.45) is 18.9 Å². The minimum Gasteiger partial charge on any atom is -0.381 e. The molecule has 2 unspecified atom stereocenters. The van der Waals surface area contributed by atoms with Gasteiger partial charge in [-0.15, -0.1) is 0 Å². The molecule has 2 saturated heterocycles. The van der Waals surface area contributed by atoms with Crippen LogP contribution in [0.25, 0.3) is 0 Å². The van der Waals surface area contributed by atoms with E-state index in [0.29, 0.717) is 0 Å². The summed E-state index contributed by atoms with van der Waals surface area (Å²) in [6, 6.07) is 0. The number of aryl methyl sites for hydroxylation is 1. The Hall–Kier alpha value is -2.03. The number of morpholine rings is 1. The smallest absolute Gasteiger partial charge is 0.225 e. The van der Waals surface area contributed by atoms with Gasteiger partial charge in [-0.1, -0.05) is 6.42 Å². The molecule has 0 aromatic carbocycles. The Morgan fingerprint density at radius 1 is 1.10 bits per heavy atom. The molecule has 8 heteroatoms. The Bertz CT molecular complexity index is 818. The summed E-state index contributed by atoms with van der Waals surface area (Å²) in [6.07, 6.45) is 10.9. The van der Waals surface area contributed by atoms with Crippen LogP contribution in [0.2, 0.25) is 0 Å². The van der Waals surface area contributed by atoms with Crippen LogP contribution in [0.5, 0.6) is 0 Å². The number of piperidine rings is 1. The third-order valence-corrected chi connectivity index (χ3v) is 6.88. The van der Waals surface area contributed by atoms with E-state index < -0.39 is 5.60 Å². The zero-order chi connectivity index (χ0) is 19.8. The van der Waals surface area contributed by atoms with Crippen molar-refractivity contribution >= 4 is 5.95 Å². The first kappa shape index (κ1) is 19.0. The van der Waals surface area contributed by atoms with Crippen LogP contribution in [0.15, 0.2) is 24.8 Å². The molecule has 2 aromatic heterocycles. The summed E-state index contributed by atoms with van der Waals surface area (Å²) in [5, 5.41) is 11.7. The molecule has 3 fully saturated rings. The number of imidazole rings is 1. The normalized spacial score (nSPS) is 30.5. The zero-order valence-corrected chi connectivity index (χ0v) is 17.1. The molecule has 0 amide bonds. The van der Waals surface area contributed by atoms with E-state index in [0.717, 1.165) is 76.1 Å². The monoisotopic (exact) mass is 398 g/mol. The van der Waals surface area contributed by atoms with Crippen LogP contribution in [0.4, 0.5) is 5.95 Å². The molecule has 1 aliphatic carbocycles. The van der Waals surface area contributed by atoms with Crippen molar-refractivity contribution in [3.63, 3.8) is 0 Å². The summed E-state index contributed by atoms with van der Waals surface area (Å²) < 4.78 is 7.39. The Morgan fingerprint density at radius 2 is 1.79 bits per heavy atom. The predicted octanol–water partition coefficient (Wildman–Crippen LogP) is 1.17. The number of hydrogen-bond donors (Lipinski definition) is 1. The van der Waals surface area contributed by atoms with Crippen molar-refractivity contribution in [3.05, 3.63) is 36.2 Å². The van der Waals surface area contributed by atoms with Crippen LogP contribution >= 0.6 is 0 Å². The number of anilines is 1. The number of aromatic nitrogens is 4. The number of nitrogens with zero attached hydrogens (tertiary/aromatic N) is 6. The van der Waals surface area contributed by atoms with E-state index in [1.807, 2.05) is 30.2 Å². The fourth-order valence-corrected chi connectivity index (χ4v) is 5.40. The van der Waals surface area contributed by atoms with Crippen molar-refractivity contribution in [1.82, 2.24) is 24.4 Å². The van der Waals surface area contributed by atoms with E-state index in [4.69, 9.17) is 4.74 Å². The molecule has 2 bridgehead atoms. The summed E-state index contributed by atoms with van der Waals surface area (Å²) >= 11 is 0. The summed E-state index contributed by atoms with van der Waals surface area (Å²) in [5.41, 5.74) is 0.312. The van der Waals surface area contributed by atoms with Crippen molar-refractivity contribution in [2.45, 2.75) is 31.4 Å². The fourth-order valence-electron chi connectivity index (χ4n) is 5.40. The second-order valence-electron chi connectivity index (χ2n) is 8.70. The average molecular weight is 399 g/mol. The Labute approximate surface area is 171 Å². The lowest BCUT2D eigenvalue weighted by Crippen LogP contribution is -2.58. The van der Waals surface area contributed by atoms with Gasteiger partial charge in [0.15, 0.2) is 0 Å². The molecule has 0 radical (unpaired) electrons. The predicted molar refractivity (Wildman–Crippen MR) is 108 cm³/mol. The number of ether oxygens (including phenoxy) is 1. The minimum absolute atomic E-state index is 0.213. The molecule has 5 rings (SSSR count). The standard InChI is InChI=1S/C21H30N6O2/c1-25-6-5-22-19(25)21(28)17-3-2-4-18(21)15-26(14-17)13-16-11-23-20(24-12-16)27-7-9-29-10-8-27/h5-6,11-12,17-18,28H,2-4,7-10,13-15H2,1H3. The Morgan fingerprint density at radius 3 is 2.41 bits per heavy atom. The highest BCUT2D eigenvalue weighted by Crippen LogP contribution is 2.48. The second kappa shape index (κ2) is 7.66. The number of aliphatic hydroxyl groups is 1. The maximum atomic E-state index is 11.7. The first-order valence-corrected chi connectivity index (χ1v) is 10.7. The summed E-state index contributed by atoms with van der Waals surface area (Å²) in [4.78, 5) is 18.3. The van der Waals surface area contributed by atoms with Crippen molar-refractivity contribution in [1.29, 1.82) is 0 Å². The molecule has 2 aromatic rings. The minimum atomic E-state index is -0.816. The zero-order valence-electron chi connectivity index (χ0n) is 17.1. The van der Waals surface area contributed by atoms with Gasteiger partial charge in [0.2, 0.25) is 5.95 Å². The van der Waals surface area contributed by atoms with Crippen LogP contribution in [0.1, 0.15) is 30.7 Å². The van der Waals surface area contributed by atoms with E-state index in [1.54, 1.807) is 6.20 Å². The number of fused-ring (bicyclic) bond motifs is 2. The third-order valence-electron chi connectivity index (χ3n) is 6.88. The van der Waals surface area contributed by atoms with E-state index in [-0.39, 0.29) is 11.8 Å². The van der Waals surface area contributed by atoms with Gasteiger partial charge in [-0.3, -0.25) is 4.90 Å². The molecule has 0 spiro atoms. The highest BCUT2D eigenvalue weighted by molar-refractivity contribution is 5.30. The van der Waals surface area contributed by atoms with Crippen LogP contribution in [-0.4, -0.2) is 68.9 Å². The lowest BCUT2D eigenvalue weighted by molar-refractivity contribution is -0.155. The molecule has 2 atom stereocenters. The van der Waals surface area contributed by atoms with E-state index in [1.165, 1.54) is 6.42 Å². The van der Waals surface area contributed by atoms with Gasteiger partial charge in [0.05, 0.1) is 13.2 Å². The van der Waals surface area contributed by atoms with Gasteiger partial charge >= 0.3 is 0 Å². The second-order valence-corrected chi connectivity index (χ2v) is 8.70. The molecule has 29 heavy (non-hydrogen) atoms. The Balaban J connectivity index is 1.29. The lowest BCUT2D eigenvalue weighted by atomic mass is 9.65. The van der Waals surface area contributed by atoms with Gasteiger partial charge < -0.3 is 19.3 Å². The maximum Gasteiger partial charge on any atom is 0.225 e. The summed E-state index contributed by atoms with van der Waals surface area (Å²) in [5.74, 6) is 2.04. The molecular weight excluding hydrogens is 368 g/mol. The highest BCUT2D eigenvalue weighted by atomic mass is 16.5. The fraction of sp³-hybridized carbons (Fsp3) is 0.667. The van der Waals surface area contributed by atoms with Gasteiger partial charge in [0.1, 0.15) is 11.4 Å². The third kappa shape index (κ3) is 3.43. The van der Waals surface area contributed by atoms with E-state index >= 15 is 0 Å². The van der Waals surface area contributed by atoms with Crippen LogP contribution < -0.4 is 4.90 Å². The molecule has 1 N–H and O–H groups in total. The first-order chi connectivity index (χ1) is 14.1. The molecule has 156 valence electrons. The van der Waals surface area contributed by atoms with Gasteiger partial charge in [-0.05, 0) is 12.8 Å². The number of hydrogen-bond acceptors (Lipinski definition) is 7. The highest BCUT2D eigenvalue weighted by Gasteiger charge is 2.53. The molecule has 4 heterocycles. The van der Waals surface area contributed by atoms with Crippen LogP contribution in [0.3, 0.4) is 0 Å². The summed E-state index contributed by atoms with van der Waals surface area (Å²) in [6.45, 7) is 5.76. The maximum absolute atomic E-state index is 11.7. The van der Waals surface area contributed by atoms with Crippen molar-refractivity contribution in [3.8, 4) is 0 Å². The van der Waals surface area contributed by atoms with Gasteiger partial charge in [-0.25, -0.2) is 15.0 Å². The Kier molecular flexibility index (Phi) is 5.01. The van der Waals surface area contributed by atoms with E-state index in [9.17, 15) is 5.11 Å². The SMILES string of the molecule is Cn1ccnc1C1(O)C2CCCC1CN(Cc1cnc(N3CCOCC3)nc1)C2. The average Bonchev–Trinajstić information content (AvgIpc) is 3.17. The van der Waals surface area contributed by atoms with Gasteiger partial charge in [-0.2, -0.15) is 0 Å². The summed E-state index contributed by atoms with van der Waals surface area (Å²) in [7, 11) is 1.98. The van der Waals surface area contributed by atoms with Crippen LogP contribution in [-0.2, 0) is 23.9 Å².